The highest BCUT2D eigenvalue weighted by Crippen LogP contribution is 2.35. The Balaban J connectivity index is 0.715. The number of unbranched alkanes of at least 4 members (excludes halogenated alkanes) is 12. The van der Waals surface area contributed by atoms with E-state index in [-0.39, 0.29) is 12.1 Å². The van der Waals surface area contributed by atoms with Crippen LogP contribution in [0.25, 0.3) is 0 Å². The Morgan fingerprint density at radius 2 is 0.816 bits per heavy atom. The summed E-state index contributed by atoms with van der Waals surface area (Å²) < 4.78 is 53.8. The summed E-state index contributed by atoms with van der Waals surface area (Å²) in [6.45, 7) is 4.38. The molecule has 0 amide bonds. The van der Waals surface area contributed by atoms with E-state index >= 15 is 0 Å². The van der Waals surface area contributed by atoms with Crippen molar-refractivity contribution < 1.29 is 42.7 Å². The number of hydrogen-bond acceptors (Lipinski definition) is 9. The Hall–Kier alpha value is -7.21. The fraction of sp³-hybridized carbons (Fsp3) is 0.372. The van der Waals surface area contributed by atoms with Crippen molar-refractivity contribution in [2.75, 3.05) is 6.61 Å². The normalized spacial score (nSPS) is 17.0. The lowest BCUT2D eigenvalue weighted by molar-refractivity contribution is -0.335. The van der Waals surface area contributed by atoms with Crippen molar-refractivity contribution in [1.29, 1.82) is 0 Å². The minimum absolute atomic E-state index is 0.0732. The van der Waals surface area contributed by atoms with Gasteiger partial charge >= 0.3 is 5.97 Å². The molecule has 0 bridgehead atoms. The molecular formula is C78H90O9. The van der Waals surface area contributed by atoms with Gasteiger partial charge in [-0.2, -0.15) is 0 Å². The Kier molecular flexibility index (Phi) is 27.2. The van der Waals surface area contributed by atoms with Crippen LogP contribution < -0.4 is 4.74 Å². The molecule has 1 aliphatic rings. The molecule has 9 rings (SSSR count). The first kappa shape index (κ1) is 64.3. The van der Waals surface area contributed by atoms with Gasteiger partial charge in [-0.15, -0.1) is 0 Å². The minimum atomic E-state index is -0.717. The number of aryl methyl sites for hydroxylation is 1. The molecular weight excluding hydrogens is 1080 g/mol. The van der Waals surface area contributed by atoms with Gasteiger partial charge in [0.2, 0.25) is 0 Å². The van der Waals surface area contributed by atoms with Crippen molar-refractivity contribution in [1.82, 2.24) is 0 Å². The van der Waals surface area contributed by atoms with Crippen molar-refractivity contribution in [2.45, 2.75) is 179 Å². The molecule has 1 aliphatic heterocycles. The molecule has 87 heavy (non-hydrogen) atoms. The van der Waals surface area contributed by atoms with Crippen molar-refractivity contribution in [3.63, 3.8) is 0 Å². The van der Waals surface area contributed by atoms with Crippen LogP contribution in [0.3, 0.4) is 0 Å². The van der Waals surface area contributed by atoms with Crippen molar-refractivity contribution in [2.24, 2.45) is 0 Å². The van der Waals surface area contributed by atoms with Gasteiger partial charge in [-0.3, -0.25) is 0 Å². The molecule has 1 heterocycles. The van der Waals surface area contributed by atoms with Crippen LogP contribution >= 0.6 is 0 Å². The zero-order valence-electron chi connectivity index (χ0n) is 51.0. The van der Waals surface area contributed by atoms with Crippen LogP contribution in [0.4, 0.5) is 0 Å². The van der Waals surface area contributed by atoms with E-state index in [9.17, 15) is 4.79 Å². The predicted octanol–water partition coefficient (Wildman–Crippen LogP) is 18.3. The lowest BCUT2D eigenvalue weighted by Crippen LogP contribution is -2.62. The van der Waals surface area contributed by atoms with E-state index in [0.717, 1.165) is 83.0 Å². The standard InChI is InChI=1S/C78H90O9/c1-61(85-78-76(84-59-66-46-29-17-30-47-66)75(83-58-65-44-27-16-28-45-65)74(82-57-64-42-25-15-26-43-64)71(86-78)60-80-55-62-38-21-13-22-39-62)37-20-11-9-7-5-3-2-4-6-8-10-12-31-48-67-53-36-54-70(81-56-63-40-23-14-24-41-63)72(67)77(79)87-73(68-49-32-18-33-50-68)69-51-34-19-35-52-69/h13-19,21-30,32-36,38-47,49-54,61,71,73-76,78H,2-12,20,31,37,48,55-60H2,1H3/t61-,71-,74-,75+,76+,78-/m1/s1. The van der Waals surface area contributed by atoms with E-state index < -0.39 is 36.8 Å². The molecule has 0 aliphatic carbocycles. The largest absolute Gasteiger partial charge is 0.488 e. The van der Waals surface area contributed by atoms with Crippen molar-refractivity contribution >= 4 is 5.97 Å². The summed E-state index contributed by atoms with van der Waals surface area (Å²) in [4.78, 5) is 14.4. The molecule has 0 aromatic heterocycles. The highest BCUT2D eigenvalue weighted by molar-refractivity contribution is 5.94. The summed E-state index contributed by atoms with van der Waals surface area (Å²) in [6, 6.07) is 76.9. The first-order valence-corrected chi connectivity index (χ1v) is 32.0. The number of carbonyl (C=O) groups excluding carboxylic acids is 1. The van der Waals surface area contributed by atoms with Gasteiger partial charge in [0.05, 0.1) is 39.1 Å². The molecule has 0 unspecified atom stereocenters. The summed E-state index contributed by atoms with van der Waals surface area (Å²) in [6.07, 6.45) is 13.8. The van der Waals surface area contributed by atoms with Crippen molar-refractivity contribution in [3.05, 3.63) is 281 Å². The Labute approximate surface area is 518 Å². The first-order chi connectivity index (χ1) is 43.0. The van der Waals surface area contributed by atoms with Gasteiger partial charge in [0.1, 0.15) is 42.3 Å². The van der Waals surface area contributed by atoms with Crippen LogP contribution in [0.2, 0.25) is 0 Å². The molecule has 9 heteroatoms. The number of esters is 1. The summed E-state index contributed by atoms with van der Waals surface area (Å²) in [5.41, 5.74) is 8.65. The van der Waals surface area contributed by atoms with Crippen LogP contribution in [0.1, 0.15) is 158 Å². The molecule has 0 spiro atoms. The molecule has 456 valence electrons. The van der Waals surface area contributed by atoms with E-state index in [1.807, 2.05) is 176 Å². The second-order valence-corrected chi connectivity index (χ2v) is 23.1. The van der Waals surface area contributed by atoms with E-state index in [1.165, 1.54) is 57.8 Å². The summed E-state index contributed by atoms with van der Waals surface area (Å²) in [7, 11) is 0. The predicted molar refractivity (Wildman–Crippen MR) is 346 cm³/mol. The number of carbonyl (C=O) groups is 1. The van der Waals surface area contributed by atoms with Gasteiger partial charge in [-0.05, 0) is 76.8 Å². The highest BCUT2D eigenvalue weighted by Gasteiger charge is 2.49. The fourth-order valence-corrected chi connectivity index (χ4v) is 11.5. The van der Waals surface area contributed by atoms with Crippen molar-refractivity contribution in [3.8, 4) is 5.75 Å². The zero-order valence-corrected chi connectivity index (χ0v) is 51.0. The van der Waals surface area contributed by atoms with Gasteiger partial charge in [0.25, 0.3) is 0 Å². The molecule has 9 nitrogen and oxygen atoms in total. The topological polar surface area (TPSA) is 90.9 Å². The molecule has 8 aromatic rings. The number of ether oxygens (including phenoxy) is 8. The smallest absolute Gasteiger partial charge is 0.343 e. The number of benzene rings is 8. The maximum absolute atomic E-state index is 14.4. The first-order valence-electron chi connectivity index (χ1n) is 32.0. The van der Waals surface area contributed by atoms with E-state index in [4.69, 9.17) is 37.9 Å². The van der Waals surface area contributed by atoms with Crippen LogP contribution in [0.5, 0.6) is 5.75 Å². The third kappa shape index (κ3) is 21.6. The maximum Gasteiger partial charge on any atom is 0.343 e. The van der Waals surface area contributed by atoms with E-state index in [1.54, 1.807) is 0 Å². The molecule has 8 aromatic carbocycles. The highest BCUT2D eigenvalue weighted by atomic mass is 16.7. The Morgan fingerprint density at radius 3 is 1.30 bits per heavy atom. The fourth-order valence-electron chi connectivity index (χ4n) is 11.5. The molecule has 0 saturated carbocycles. The van der Waals surface area contributed by atoms with E-state index in [2.05, 4.69) is 61.5 Å². The third-order valence-corrected chi connectivity index (χ3v) is 16.2. The SMILES string of the molecule is C[C@H](CCCCCCCCCCCCCCCc1cccc(OCc2ccccc2)c1C(=O)OC(c1ccccc1)c1ccccc1)O[C@@H]1O[C@H](COCc2ccccc2)[C@@H](OCc2ccccc2)[C@H](OCc2ccccc2)[C@@H]1OCc1ccccc1. The zero-order chi connectivity index (χ0) is 59.8. The monoisotopic (exact) mass is 1170 g/mol. The van der Waals surface area contributed by atoms with Crippen LogP contribution in [-0.2, 0) is 72.6 Å². The Morgan fingerprint density at radius 1 is 0.414 bits per heavy atom. The lowest BCUT2D eigenvalue weighted by Gasteiger charge is -2.46. The van der Waals surface area contributed by atoms with Gasteiger partial charge in [0, 0.05) is 0 Å². The molecule has 1 fully saturated rings. The molecule has 6 atom stereocenters. The summed E-state index contributed by atoms with van der Waals surface area (Å²) in [5, 5.41) is 0. The second-order valence-electron chi connectivity index (χ2n) is 23.1. The minimum Gasteiger partial charge on any atom is -0.488 e. The van der Waals surface area contributed by atoms with Crippen LogP contribution in [-0.4, -0.2) is 49.4 Å². The Bertz CT molecular complexity index is 3060. The lowest BCUT2D eigenvalue weighted by atomic mass is 9.97. The van der Waals surface area contributed by atoms with E-state index in [0.29, 0.717) is 51.0 Å². The van der Waals surface area contributed by atoms with Gasteiger partial charge in [-0.1, -0.05) is 302 Å². The third-order valence-electron chi connectivity index (χ3n) is 16.2. The summed E-state index contributed by atoms with van der Waals surface area (Å²) >= 11 is 0. The van der Waals surface area contributed by atoms with Gasteiger partial charge in [0.15, 0.2) is 12.4 Å². The van der Waals surface area contributed by atoms with Crippen LogP contribution in [0, 0.1) is 0 Å². The van der Waals surface area contributed by atoms with Gasteiger partial charge < -0.3 is 37.9 Å². The second kappa shape index (κ2) is 36.8. The molecule has 0 N–H and O–H groups in total. The van der Waals surface area contributed by atoms with Crippen LogP contribution in [0.15, 0.2) is 231 Å². The average Bonchev–Trinajstić information content (AvgIpc) is 3.65. The van der Waals surface area contributed by atoms with Gasteiger partial charge in [-0.25, -0.2) is 4.79 Å². The average molecular weight is 1170 g/mol. The maximum atomic E-state index is 14.4. The number of rotatable bonds is 38. The summed E-state index contributed by atoms with van der Waals surface area (Å²) in [5.74, 6) is 0.187. The quantitative estimate of drug-likeness (QED) is 0.0277. The number of hydrogen-bond donors (Lipinski definition) is 0. The molecule has 1 saturated heterocycles. The molecule has 0 radical (unpaired) electrons.